The van der Waals surface area contributed by atoms with E-state index in [9.17, 15) is 13.2 Å². The number of primary amides is 1. The van der Waals surface area contributed by atoms with Gasteiger partial charge in [-0.2, -0.15) is 0 Å². The van der Waals surface area contributed by atoms with Crippen molar-refractivity contribution in [1.82, 2.24) is 0 Å². The van der Waals surface area contributed by atoms with E-state index >= 15 is 0 Å². The molecule has 1 amide bonds. The van der Waals surface area contributed by atoms with Crippen LogP contribution in [0.15, 0.2) is 54.6 Å². The number of carbonyl (C=O) groups is 1. The Morgan fingerprint density at radius 2 is 1.73 bits per heavy atom. The molecule has 0 saturated carbocycles. The third-order valence-electron chi connectivity index (χ3n) is 3.95. The highest BCUT2D eigenvalue weighted by Crippen LogP contribution is 2.18. The molecule has 2 aromatic rings. The molecule has 1 unspecified atom stereocenters. The van der Waals surface area contributed by atoms with Crippen LogP contribution in [0.5, 0.6) is 0 Å². The van der Waals surface area contributed by atoms with E-state index in [4.69, 9.17) is 11.5 Å². The number of nitrogens with two attached hydrogens (primary N) is 2. The summed E-state index contributed by atoms with van der Waals surface area (Å²) >= 11 is 0. The van der Waals surface area contributed by atoms with E-state index in [1.807, 2.05) is 24.3 Å². The molecule has 0 radical (unpaired) electrons. The highest BCUT2D eigenvalue weighted by atomic mass is 32.2. The van der Waals surface area contributed by atoms with Crippen LogP contribution < -0.4 is 16.2 Å². The molecule has 0 aliphatic heterocycles. The van der Waals surface area contributed by atoms with Crippen molar-refractivity contribution in [2.45, 2.75) is 19.4 Å². The molecule has 2 rings (SSSR count). The van der Waals surface area contributed by atoms with E-state index in [-0.39, 0.29) is 5.75 Å². The average Bonchev–Trinajstić information content (AvgIpc) is 2.61. The molecule has 1 atom stereocenters. The molecule has 138 valence electrons. The third kappa shape index (κ3) is 5.72. The number of nitrogens with one attached hydrogen (secondary N) is 1. The molecule has 0 aliphatic carbocycles. The SMILES string of the molecule is CC(C(N)=O)c1ccc(NS(=O)(=O)CC=Cc2ccc(CN)cc2)cc1. The summed E-state index contributed by atoms with van der Waals surface area (Å²) < 4.78 is 26.8. The Labute approximate surface area is 154 Å². The fourth-order valence-electron chi connectivity index (χ4n) is 2.30. The Kier molecular flexibility index (Phi) is 6.54. The Balaban J connectivity index is 1.97. The lowest BCUT2D eigenvalue weighted by atomic mass is 10.0. The zero-order chi connectivity index (χ0) is 19.2. The topological polar surface area (TPSA) is 115 Å². The maximum atomic E-state index is 12.2. The molecule has 0 bridgehead atoms. The fraction of sp³-hybridized carbons (Fsp3) is 0.211. The smallest absolute Gasteiger partial charge is 0.236 e. The van der Waals surface area contributed by atoms with E-state index < -0.39 is 21.8 Å². The summed E-state index contributed by atoms with van der Waals surface area (Å²) in [5.74, 6) is -0.998. The third-order valence-corrected chi connectivity index (χ3v) is 5.13. The first-order valence-corrected chi connectivity index (χ1v) is 9.81. The van der Waals surface area contributed by atoms with Crippen LogP contribution in [-0.4, -0.2) is 20.1 Å². The molecule has 0 aromatic heterocycles. The van der Waals surface area contributed by atoms with Gasteiger partial charge < -0.3 is 11.5 Å². The second kappa shape index (κ2) is 8.64. The normalized spacial score (nSPS) is 12.8. The quantitative estimate of drug-likeness (QED) is 0.658. The first kappa shape index (κ1) is 19.7. The lowest BCUT2D eigenvalue weighted by Crippen LogP contribution is -2.19. The van der Waals surface area contributed by atoms with Gasteiger partial charge in [-0.3, -0.25) is 9.52 Å². The molecule has 0 spiro atoms. The summed E-state index contributed by atoms with van der Waals surface area (Å²) in [6.45, 7) is 2.17. The molecule has 5 N–H and O–H groups in total. The standard InChI is InChI=1S/C19H23N3O3S/c1-14(19(21)23)17-8-10-18(11-9-17)22-26(24,25)12-2-3-15-4-6-16(13-20)7-5-15/h2-11,14,22H,12-13,20H2,1H3,(H2,21,23). The summed E-state index contributed by atoms with van der Waals surface area (Å²) in [6, 6.07) is 14.2. The number of hydrogen-bond donors (Lipinski definition) is 3. The highest BCUT2D eigenvalue weighted by molar-refractivity contribution is 7.92. The molecule has 6 nitrogen and oxygen atoms in total. The molecule has 26 heavy (non-hydrogen) atoms. The summed E-state index contributed by atoms with van der Waals surface area (Å²) in [5.41, 5.74) is 13.9. The Hall–Kier alpha value is -2.64. The van der Waals surface area contributed by atoms with Crippen molar-refractivity contribution in [3.63, 3.8) is 0 Å². The van der Waals surface area contributed by atoms with Crippen LogP contribution in [0.25, 0.3) is 6.08 Å². The zero-order valence-electron chi connectivity index (χ0n) is 14.6. The Morgan fingerprint density at radius 3 is 2.27 bits per heavy atom. The maximum absolute atomic E-state index is 12.2. The molecule has 0 fully saturated rings. The van der Waals surface area contributed by atoms with Gasteiger partial charge in [0.15, 0.2) is 0 Å². The van der Waals surface area contributed by atoms with Crippen molar-refractivity contribution >= 4 is 27.7 Å². The van der Waals surface area contributed by atoms with Crippen molar-refractivity contribution in [2.75, 3.05) is 10.5 Å². The predicted molar refractivity (Wildman–Crippen MR) is 105 cm³/mol. The van der Waals surface area contributed by atoms with E-state index in [1.54, 1.807) is 43.3 Å². The molecule has 2 aromatic carbocycles. The van der Waals surface area contributed by atoms with Crippen molar-refractivity contribution in [1.29, 1.82) is 0 Å². The van der Waals surface area contributed by atoms with Gasteiger partial charge >= 0.3 is 0 Å². The predicted octanol–water partition coefficient (Wildman–Crippen LogP) is 2.19. The van der Waals surface area contributed by atoms with Crippen molar-refractivity contribution in [3.8, 4) is 0 Å². The first-order chi connectivity index (χ1) is 12.3. The Morgan fingerprint density at radius 1 is 1.12 bits per heavy atom. The van der Waals surface area contributed by atoms with E-state index in [0.717, 1.165) is 16.7 Å². The molecule has 7 heteroatoms. The van der Waals surface area contributed by atoms with E-state index in [1.165, 1.54) is 0 Å². The monoisotopic (exact) mass is 373 g/mol. The summed E-state index contributed by atoms with van der Waals surface area (Å²) in [6.07, 6.45) is 3.33. The van der Waals surface area contributed by atoms with Gasteiger partial charge in [0.1, 0.15) is 0 Å². The lowest BCUT2D eigenvalue weighted by Gasteiger charge is -2.10. The van der Waals surface area contributed by atoms with Gasteiger partial charge in [-0.25, -0.2) is 8.42 Å². The van der Waals surface area contributed by atoms with Gasteiger partial charge in [-0.15, -0.1) is 0 Å². The largest absolute Gasteiger partial charge is 0.369 e. The first-order valence-electron chi connectivity index (χ1n) is 8.16. The number of amides is 1. The second-order valence-corrected chi connectivity index (χ2v) is 7.74. The summed E-state index contributed by atoms with van der Waals surface area (Å²) in [5, 5.41) is 0. The molecule has 0 heterocycles. The van der Waals surface area contributed by atoms with Gasteiger partial charge in [-0.1, -0.05) is 48.6 Å². The van der Waals surface area contributed by atoms with Crippen molar-refractivity contribution in [2.24, 2.45) is 11.5 Å². The summed E-state index contributed by atoms with van der Waals surface area (Å²) in [4.78, 5) is 11.2. The van der Waals surface area contributed by atoms with Gasteiger partial charge in [0.05, 0.1) is 11.7 Å². The van der Waals surface area contributed by atoms with Crippen molar-refractivity contribution in [3.05, 3.63) is 71.3 Å². The molecular weight excluding hydrogens is 350 g/mol. The number of rotatable bonds is 8. The number of hydrogen-bond acceptors (Lipinski definition) is 4. The second-order valence-electron chi connectivity index (χ2n) is 5.98. The summed E-state index contributed by atoms with van der Waals surface area (Å²) in [7, 11) is -3.52. The Bertz CT molecular complexity index is 873. The minimum Gasteiger partial charge on any atom is -0.369 e. The van der Waals surface area contributed by atoms with Crippen LogP contribution in [0.1, 0.15) is 29.5 Å². The number of anilines is 1. The molecular formula is C19H23N3O3S. The van der Waals surface area contributed by atoms with Crippen LogP contribution in [0.3, 0.4) is 0 Å². The minimum atomic E-state index is -3.52. The average molecular weight is 373 g/mol. The van der Waals surface area contributed by atoms with Gasteiger partial charge in [0, 0.05) is 12.2 Å². The highest BCUT2D eigenvalue weighted by Gasteiger charge is 2.12. The van der Waals surface area contributed by atoms with Gasteiger partial charge in [0.25, 0.3) is 0 Å². The van der Waals surface area contributed by atoms with Crippen LogP contribution in [0.2, 0.25) is 0 Å². The van der Waals surface area contributed by atoms with Crippen LogP contribution in [0, 0.1) is 0 Å². The number of benzene rings is 2. The van der Waals surface area contributed by atoms with E-state index in [2.05, 4.69) is 4.72 Å². The fourth-order valence-corrected chi connectivity index (χ4v) is 3.23. The molecule has 0 saturated heterocycles. The van der Waals surface area contributed by atoms with Gasteiger partial charge in [-0.05, 0) is 35.7 Å². The number of sulfonamides is 1. The maximum Gasteiger partial charge on any atom is 0.236 e. The lowest BCUT2D eigenvalue weighted by molar-refractivity contribution is -0.119. The minimum absolute atomic E-state index is 0.148. The molecule has 0 aliphatic rings. The van der Waals surface area contributed by atoms with Crippen molar-refractivity contribution < 1.29 is 13.2 Å². The van der Waals surface area contributed by atoms with Crippen LogP contribution >= 0.6 is 0 Å². The van der Waals surface area contributed by atoms with E-state index in [0.29, 0.717) is 12.2 Å². The van der Waals surface area contributed by atoms with Crippen LogP contribution in [-0.2, 0) is 21.4 Å². The van der Waals surface area contributed by atoms with Crippen LogP contribution in [0.4, 0.5) is 5.69 Å². The number of carbonyl (C=O) groups excluding carboxylic acids is 1. The zero-order valence-corrected chi connectivity index (χ0v) is 15.4. The van der Waals surface area contributed by atoms with Gasteiger partial charge in [0.2, 0.25) is 15.9 Å².